The van der Waals surface area contributed by atoms with Gasteiger partial charge in [0.1, 0.15) is 0 Å². The van der Waals surface area contributed by atoms with E-state index >= 15 is 0 Å². The summed E-state index contributed by atoms with van der Waals surface area (Å²) in [6, 6.07) is 7.05. The van der Waals surface area contributed by atoms with Gasteiger partial charge in [-0.2, -0.15) is 0 Å². The van der Waals surface area contributed by atoms with E-state index in [1.807, 2.05) is 18.2 Å². The minimum Gasteiger partial charge on any atom is -0.481 e. The standard InChI is InChI=1S/C12H15ClN2O3/c13-10-4-2-1-3-9(10)5-7-14-12(18)15-8-6-11(16)17/h1-4H,5-8H2,(H,16,17)(H2,14,15,18). The van der Waals surface area contributed by atoms with Crippen LogP contribution in [0.1, 0.15) is 12.0 Å². The Hall–Kier alpha value is -1.75. The van der Waals surface area contributed by atoms with Gasteiger partial charge in [0.2, 0.25) is 0 Å². The topological polar surface area (TPSA) is 78.4 Å². The van der Waals surface area contributed by atoms with Crippen LogP contribution >= 0.6 is 11.6 Å². The Morgan fingerprint density at radius 3 is 2.50 bits per heavy atom. The van der Waals surface area contributed by atoms with Crippen molar-refractivity contribution in [2.45, 2.75) is 12.8 Å². The second-order valence-corrected chi connectivity index (χ2v) is 4.08. The molecule has 0 heterocycles. The maximum atomic E-state index is 11.3. The van der Waals surface area contributed by atoms with Gasteiger partial charge in [0.15, 0.2) is 0 Å². The van der Waals surface area contributed by atoms with E-state index in [1.165, 1.54) is 0 Å². The first-order chi connectivity index (χ1) is 8.59. The number of hydrogen-bond acceptors (Lipinski definition) is 2. The number of nitrogens with one attached hydrogen (secondary N) is 2. The summed E-state index contributed by atoms with van der Waals surface area (Å²) in [4.78, 5) is 21.5. The summed E-state index contributed by atoms with van der Waals surface area (Å²) < 4.78 is 0. The molecule has 6 heteroatoms. The molecule has 2 amide bonds. The number of carboxylic acid groups (broad SMARTS) is 1. The molecule has 0 fully saturated rings. The molecule has 98 valence electrons. The van der Waals surface area contributed by atoms with Gasteiger partial charge < -0.3 is 15.7 Å². The second-order valence-electron chi connectivity index (χ2n) is 3.67. The van der Waals surface area contributed by atoms with Crippen molar-refractivity contribution in [2.24, 2.45) is 0 Å². The van der Waals surface area contributed by atoms with Crippen molar-refractivity contribution in [3.8, 4) is 0 Å². The van der Waals surface area contributed by atoms with E-state index in [9.17, 15) is 9.59 Å². The molecule has 1 aromatic rings. The molecule has 0 spiro atoms. The number of urea groups is 1. The van der Waals surface area contributed by atoms with Gasteiger partial charge in [-0.1, -0.05) is 29.8 Å². The zero-order chi connectivity index (χ0) is 13.4. The molecular formula is C12H15ClN2O3. The number of benzene rings is 1. The maximum absolute atomic E-state index is 11.3. The van der Waals surface area contributed by atoms with E-state index in [2.05, 4.69) is 10.6 Å². The molecule has 0 unspecified atom stereocenters. The van der Waals surface area contributed by atoms with E-state index in [4.69, 9.17) is 16.7 Å². The van der Waals surface area contributed by atoms with Crippen LogP contribution in [0.4, 0.5) is 4.79 Å². The number of carbonyl (C=O) groups excluding carboxylic acids is 1. The van der Waals surface area contributed by atoms with Crippen LogP contribution in [-0.4, -0.2) is 30.2 Å². The lowest BCUT2D eigenvalue weighted by Crippen LogP contribution is -2.37. The molecule has 0 saturated carbocycles. The largest absolute Gasteiger partial charge is 0.481 e. The Labute approximate surface area is 110 Å². The van der Waals surface area contributed by atoms with E-state index in [1.54, 1.807) is 6.07 Å². The summed E-state index contributed by atoms with van der Waals surface area (Å²) in [6.45, 7) is 0.565. The second kappa shape index (κ2) is 7.55. The Kier molecular flexibility index (Phi) is 6.00. The Morgan fingerprint density at radius 1 is 1.17 bits per heavy atom. The van der Waals surface area contributed by atoms with Gasteiger partial charge in [-0.3, -0.25) is 4.79 Å². The minimum atomic E-state index is -0.939. The first-order valence-corrected chi connectivity index (χ1v) is 5.94. The van der Waals surface area contributed by atoms with Crippen LogP contribution in [0.5, 0.6) is 0 Å². The molecule has 1 rings (SSSR count). The fraction of sp³-hybridized carbons (Fsp3) is 0.333. The molecule has 0 atom stereocenters. The van der Waals surface area contributed by atoms with Crippen LogP contribution in [0.2, 0.25) is 5.02 Å². The van der Waals surface area contributed by atoms with Crippen molar-refractivity contribution in [3.63, 3.8) is 0 Å². The fourth-order valence-corrected chi connectivity index (χ4v) is 1.59. The molecule has 3 N–H and O–H groups in total. The molecule has 0 aliphatic carbocycles. The van der Waals surface area contributed by atoms with Gasteiger partial charge in [0.05, 0.1) is 6.42 Å². The molecule has 1 aromatic carbocycles. The monoisotopic (exact) mass is 270 g/mol. The van der Waals surface area contributed by atoms with Gasteiger partial charge >= 0.3 is 12.0 Å². The maximum Gasteiger partial charge on any atom is 0.314 e. The summed E-state index contributed by atoms with van der Waals surface area (Å²) in [5.74, 6) is -0.939. The average molecular weight is 271 g/mol. The predicted octanol–water partition coefficient (Wildman–Crippen LogP) is 1.66. The van der Waals surface area contributed by atoms with Crippen LogP contribution in [0, 0.1) is 0 Å². The van der Waals surface area contributed by atoms with E-state index < -0.39 is 5.97 Å². The number of aliphatic carboxylic acids is 1. The number of carbonyl (C=O) groups is 2. The Balaban J connectivity index is 2.20. The summed E-state index contributed by atoms with van der Waals surface area (Å²) in [7, 11) is 0. The number of carboxylic acids is 1. The highest BCUT2D eigenvalue weighted by Gasteiger charge is 2.03. The van der Waals surface area contributed by atoms with Crippen LogP contribution in [0.25, 0.3) is 0 Å². The van der Waals surface area contributed by atoms with Gasteiger partial charge in [-0.25, -0.2) is 4.79 Å². The van der Waals surface area contributed by atoms with Crippen LogP contribution < -0.4 is 10.6 Å². The Morgan fingerprint density at radius 2 is 1.83 bits per heavy atom. The van der Waals surface area contributed by atoms with Crippen molar-refractivity contribution in [1.29, 1.82) is 0 Å². The van der Waals surface area contributed by atoms with Crippen molar-refractivity contribution in [3.05, 3.63) is 34.9 Å². The third kappa shape index (κ3) is 5.54. The lowest BCUT2D eigenvalue weighted by molar-refractivity contribution is -0.136. The number of amides is 2. The van der Waals surface area contributed by atoms with Gasteiger partial charge in [0.25, 0.3) is 0 Å². The quantitative estimate of drug-likeness (QED) is 0.736. The molecule has 5 nitrogen and oxygen atoms in total. The lowest BCUT2D eigenvalue weighted by atomic mass is 10.1. The summed E-state index contributed by atoms with van der Waals surface area (Å²) >= 11 is 5.96. The van der Waals surface area contributed by atoms with Crippen molar-refractivity contribution >= 4 is 23.6 Å². The SMILES string of the molecule is O=C(O)CCNC(=O)NCCc1ccccc1Cl. The molecule has 0 aliphatic heterocycles. The van der Waals surface area contributed by atoms with Crippen molar-refractivity contribution in [2.75, 3.05) is 13.1 Å². The highest BCUT2D eigenvalue weighted by atomic mass is 35.5. The van der Waals surface area contributed by atoms with E-state index in [0.717, 1.165) is 5.56 Å². The van der Waals surface area contributed by atoms with E-state index in [0.29, 0.717) is 18.0 Å². The molecule has 0 radical (unpaired) electrons. The highest BCUT2D eigenvalue weighted by Crippen LogP contribution is 2.14. The molecule has 0 saturated heterocycles. The first-order valence-electron chi connectivity index (χ1n) is 5.56. The predicted molar refractivity (Wildman–Crippen MR) is 68.8 cm³/mol. The molecule has 0 aromatic heterocycles. The smallest absolute Gasteiger partial charge is 0.314 e. The number of halogens is 1. The fourth-order valence-electron chi connectivity index (χ4n) is 1.36. The molecule has 18 heavy (non-hydrogen) atoms. The van der Waals surface area contributed by atoms with Crippen LogP contribution in [0.15, 0.2) is 24.3 Å². The summed E-state index contributed by atoms with van der Waals surface area (Å²) in [5, 5.41) is 14.1. The zero-order valence-corrected chi connectivity index (χ0v) is 10.5. The van der Waals surface area contributed by atoms with Gasteiger partial charge in [-0.05, 0) is 18.1 Å². The molecular weight excluding hydrogens is 256 g/mol. The van der Waals surface area contributed by atoms with Crippen molar-refractivity contribution in [1.82, 2.24) is 10.6 Å². The van der Waals surface area contributed by atoms with E-state index in [-0.39, 0.29) is 19.0 Å². The van der Waals surface area contributed by atoms with Gasteiger partial charge in [-0.15, -0.1) is 0 Å². The minimum absolute atomic E-state index is 0.0854. The number of rotatable bonds is 6. The summed E-state index contributed by atoms with van der Waals surface area (Å²) in [6.07, 6.45) is 0.546. The number of hydrogen-bond donors (Lipinski definition) is 3. The van der Waals surface area contributed by atoms with Crippen LogP contribution in [0.3, 0.4) is 0 Å². The third-order valence-corrected chi connectivity index (χ3v) is 2.63. The average Bonchev–Trinajstić information content (AvgIpc) is 2.31. The van der Waals surface area contributed by atoms with Gasteiger partial charge in [0, 0.05) is 18.1 Å². The molecule has 0 aliphatic rings. The molecule has 0 bridgehead atoms. The summed E-state index contributed by atoms with van der Waals surface area (Å²) in [5.41, 5.74) is 0.963. The zero-order valence-electron chi connectivity index (χ0n) is 9.78. The first kappa shape index (κ1) is 14.3. The third-order valence-electron chi connectivity index (χ3n) is 2.26. The van der Waals surface area contributed by atoms with Crippen LogP contribution in [-0.2, 0) is 11.2 Å². The normalized spacial score (nSPS) is 9.83. The highest BCUT2D eigenvalue weighted by molar-refractivity contribution is 6.31. The Bertz CT molecular complexity index is 424. The van der Waals surface area contributed by atoms with Crippen molar-refractivity contribution < 1.29 is 14.7 Å². The lowest BCUT2D eigenvalue weighted by Gasteiger charge is -2.07.